The second kappa shape index (κ2) is 38.1. The first-order chi connectivity index (χ1) is 62.9. The molecule has 0 aliphatic carbocycles. The summed E-state index contributed by atoms with van der Waals surface area (Å²) in [5.74, 6) is -3.43. The average Bonchev–Trinajstić information content (AvgIpc) is 1.61. The summed E-state index contributed by atoms with van der Waals surface area (Å²) in [5.41, 5.74) is 11.8. The summed E-state index contributed by atoms with van der Waals surface area (Å²) in [6.07, 6.45) is -40.0. The lowest BCUT2D eigenvalue weighted by Gasteiger charge is -2.27. The molecule has 6 aliphatic heterocycles. The van der Waals surface area contributed by atoms with Gasteiger partial charge in [-0.05, 0) is 19.1 Å². The van der Waals surface area contributed by atoms with Gasteiger partial charge >= 0.3 is 70.0 Å². The Hall–Kier alpha value is -10.1. The summed E-state index contributed by atoms with van der Waals surface area (Å²) in [5, 5.41) is 67.7. The number of ether oxygens (including phenoxy) is 6. The maximum absolute atomic E-state index is 14.6. The predicted molar refractivity (Wildman–Crippen MR) is 429 cm³/mol. The van der Waals surface area contributed by atoms with Crippen molar-refractivity contribution in [1.82, 2.24) is 87.2 Å². The summed E-state index contributed by atoms with van der Waals surface area (Å²) >= 11 is 0. The molecule has 9 aromatic rings. The Balaban J connectivity index is 0.657. The van der Waals surface area contributed by atoms with Crippen LogP contribution in [0.1, 0.15) is 61.3 Å². The molecule has 0 amide bonds. The van der Waals surface area contributed by atoms with Gasteiger partial charge in [-0.25, -0.2) is 61.5 Å². The Bertz CT molecular complexity index is 6870. The number of aliphatic hydroxyl groups is 5. The fourth-order valence-electron chi connectivity index (χ4n) is 14.8. The number of fused-ring (bicyclic) bond motifs is 3. The summed E-state index contributed by atoms with van der Waals surface area (Å²) in [4.78, 5) is 229. The number of imidazole rings is 3. The van der Waals surface area contributed by atoms with Crippen molar-refractivity contribution >= 4 is 116 Å². The molecule has 0 radical (unpaired) electrons. The summed E-state index contributed by atoms with van der Waals surface area (Å²) in [6.45, 7) is -6.73. The molecule has 73 heteroatoms. The van der Waals surface area contributed by atoms with Crippen molar-refractivity contribution in [1.29, 1.82) is 0 Å². The lowest BCUT2D eigenvalue weighted by molar-refractivity contribution is -0.131. The average molecular weight is 2020 g/mol. The van der Waals surface area contributed by atoms with Crippen LogP contribution in [0, 0.1) is 6.92 Å². The van der Waals surface area contributed by atoms with Crippen LogP contribution >= 0.6 is 46.9 Å². The molecule has 9 aromatic heterocycles. The molecule has 6 fully saturated rings. The molecule has 0 saturated carbocycles. The fraction of sp³-hybridized carbons (Fsp3) is 0.508. The highest BCUT2D eigenvalue weighted by Gasteiger charge is 2.57. The number of aromatic amines is 5. The zero-order chi connectivity index (χ0) is 96.8. The zero-order valence-corrected chi connectivity index (χ0v) is 72.6. The number of nitrogens with zero attached hydrogens (tertiary/aromatic N) is 13. The second-order valence-electron chi connectivity index (χ2n) is 29.8. The van der Waals surface area contributed by atoms with Gasteiger partial charge in [-0.15, -0.1) is 0 Å². The molecule has 5 unspecified atom stereocenters. The highest BCUT2D eigenvalue weighted by atomic mass is 31.2. The summed E-state index contributed by atoms with van der Waals surface area (Å²) in [7, 11) is -34.9. The van der Waals surface area contributed by atoms with E-state index in [2.05, 4.69) is 54.4 Å². The Morgan fingerprint density at radius 1 is 0.440 bits per heavy atom. The number of carboxylic acid groups (broad SMARTS) is 1. The molecule has 134 heavy (non-hydrogen) atoms. The number of hydrogen-bond acceptors (Lipinski definition) is 48. The van der Waals surface area contributed by atoms with Gasteiger partial charge in [0.25, 0.3) is 27.8 Å². The SMILES string of the molecule is Cc1cn([C@H]2C[C@H](OP(=O)(O)OC[C@H]3O[C@@H](n4cnc5c(=O)[nH]c(N)nc54)[C@H](O)[C@@H]3OP(=O)(O)OC[C@H]3O[C@@H](n4ccc(N)nc4=O)[C@H](O)[C@@H]3OP(=O)(O)OC[C@H]3O[C@@H](n4cnc5c(=O)[nH]c(N)nc54)[C@H](O)[C@@H]3OP(=O)(O)OC[C@H]3O[C@@H](n4cc(/C=C/C(=O)O)c(=O)[nH]c4=O)C[C@@H]3O)[C@@H](COP(=O)(O)O[C@H]3[C@@H](O)[C@H](n4cnc5c(=O)[nH]c(N)nc54)O[C@@H]3COP(=O)(O)O)O2)c(=O)[nH]c1=O. The molecule has 67 nitrogen and oxygen atoms in total. The van der Waals surface area contributed by atoms with E-state index < -0.39 is 331 Å². The third-order valence-electron chi connectivity index (χ3n) is 20.8. The number of nitrogens with two attached hydrogens (primary N) is 4. The van der Waals surface area contributed by atoms with Crippen LogP contribution in [0.4, 0.5) is 23.7 Å². The number of anilines is 4. The van der Waals surface area contributed by atoms with Gasteiger partial charge in [0.05, 0.1) is 70.3 Å². The van der Waals surface area contributed by atoms with Gasteiger partial charge in [-0.3, -0.25) is 126 Å². The number of hydrogen-bond donors (Lipinski definition) is 22. The van der Waals surface area contributed by atoms with Crippen LogP contribution in [0.25, 0.3) is 39.6 Å². The number of nitrogens with one attached hydrogen (secondary N) is 5. The van der Waals surface area contributed by atoms with Crippen LogP contribution in [-0.4, -0.2) is 295 Å². The van der Waals surface area contributed by atoms with Gasteiger partial charge in [0, 0.05) is 43.1 Å². The van der Waals surface area contributed by atoms with Gasteiger partial charge in [0.2, 0.25) is 17.8 Å². The van der Waals surface area contributed by atoms with Crippen LogP contribution in [0.15, 0.2) is 88.1 Å². The number of nitrogen functional groups attached to an aromatic ring is 4. The van der Waals surface area contributed by atoms with E-state index in [-0.39, 0.29) is 22.3 Å². The predicted octanol–water partition coefficient (Wildman–Crippen LogP) is -7.93. The van der Waals surface area contributed by atoms with Crippen molar-refractivity contribution in [3.05, 3.63) is 144 Å². The van der Waals surface area contributed by atoms with E-state index in [1.807, 2.05) is 9.97 Å². The molecule has 6 saturated heterocycles. The summed E-state index contributed by atoms with van der Waals surface area (Å²) < 4.78 is 181. The monoisotopic (exact) mass is 2020 g/mol. The minimum atomic E-state index is -6.08. The second-order valence-corrected chi connectivity index (χ2v) is 38.1. The molecule has 0 aromatic carbocycles. The quantitative estimate of drug-likeness (QED) is 0.0128. The number of carbonyl (C=O) groups is 1. The van der Waals surface area contributed by atoms with Crippen molar-refractivity contribution in [2.75, 3.05) is 62.6 Å². The Kier molecular flexibility index (Phi) is 28.0. The largest absolute Gasteiger partial charge is 0.478 e. The molecule has 0 spiro atoms. The molecule has 0 bridgehead atoms. The maximum Gasteiger partial charge on any atom is 0.472 e. The van der Waals surface area contributed by atoms with E-state index in [4.69, 9.17) is 102 Å². The lowest BCUT2D eigenvalue weighted by Crippen LogP contribution is -2.39. The molecule has 15 rings (SSSR count). The first-order valence-electron chi connectivity index (χ1n) is 38.3. The fourth-order valence-corrected chi connectivity index (χ4v) is 19.9. The number of aryl methyl sites for hydroxylation is 1. The first-order valence-corrected chi connectivity index (χ1v) is 47.3. The van der Waals surface area contributed by atoms with Crippen molar-refractivity contribution in [3.8, 4) is 0 Å². The molecule has 27 atom stereocenters. The van der Waals surface area contributed by atoms with E-state index in [0.717, 1.165) is 72.6 Å². The normalized spacial score (nSPS) is 30.2. The maximum atomic E-state index is 14.6. The number of aliphatic hydroxyl groups excluding tert-OH is 5. The van der Waals surface area contributed by atoms with Crippen LogP contribution in [0.5, 0.6) is 0 Å². The van der Waals surface area contributed by atoms with Crippen LogP contribution in [-0.2, 0) is 110 Å². The van der Waals surface area contributed by atoms with Crippen LogP contribution < -0.4 is 67.8 Å². The van der Waals surface area contributed by atoms with Crippen LogP contribution in [0.2, 0.25) is 0 Å². The van der Waals surface area contributed by atoms with Crippen molar-refractivity contribution in [2.24, 2.45) is 0 Å². The number of phosphoric ester groups is 6. The molecule has 6 aliphatic rings. The molecule has 730 valence electrons. The smallest absolute Gasteiger partial charge is 0.472 e. The number of aromatic nitrogens is 18. The summed E-state index contributed by atoms with van der Waals surface area (Å²) in [6, 6.07) is 0.994. The van der Waals surface area contributed by atoms with Crippen molar-refractivity contribution in [3.63, 3.8) is 0 Å². The first kappa shape index (κ1) is 98.4. The highest BCUT2D eigenvalue weighted by molar-refractivity contribution is 7.48. The molecule has 26 N–H and O–H groups in total. The van der Waals surface area contributed by atoms with E-state index in [9.17, 15) is 130 Å². The van der Waals surface area contributed by atoms with Gasteiger partial charge in [-0.2, -0.15) is 19.9 Å². The topological polar surface area (TPSA) is 979 Å². The van der Waals surface area contributed by atoms with Gasteiger partial charge in [0.15, 0.2) is 58.4 Å². The van der Waals surface area contributed by atoms with Gasteiger partial charge in [0.1, 0.15) is 110 Å². The minimum Gasteiger partial charge on any atom is -0.478 e. The minimum absolute atomic E-state index is 0.128. The standard InChI is InChI=1S/C61H76N22O45P6/c1-19-8-79(60(97)76-47(19)91)31-7-22(24(119-31)11-114-132(106,107)125-40-25(12-112-129(99,100)101)121-53(37(40)88)81-16-66-33-44(81)70-56(63)73-49(33)93)124-130(102,103)115-13-27-42(38(89)54(122-27)82-17-67-34-45(82)71-57(64)74-50(34)94)128-134(110,111)116-14-26-41(36(87)52(120-26)78-5-4-29(62)69-59(78)96)126-133(108,109)117-15-28-43(39(90)55(123-28)83-18-68-35-46(83)72-58(65)75-51(35)95)127-131(104,105)113-10-23-21(84)6-30(118-23)80-9-20(2-3-32(85)86)48(92)77-61(80)98/h2-5,8-9,16-18,21-28,30-31,36-43,52-55,84,87-90H,6-7,10-15H2,1H3,(H,85,86)(H,102,103)(H,104,105)(H,106,107)(H,108,109)(H,110,111)(H2,62,69,96)(H,76,91,97)(H,77,92,98)(H2,99,100,101)(H3,63,70,73,93)(H3,64,71,74,94)(H3,65,72,75,95)/b3-2+/t21-,22-,23+,24+,25+,26+,27+,28+,30+,31+,36+,37+,38+,39+,40+,41+,42+,43+,52+,53+,54+,55+/m0/s1. The van der Waals surface area contributed by atoms with E-state index in [1.165, 1.54) is 6.92 Å². The Labute approximate surface area is 737 Å². The Morgan fingerprint density at radius 2 is 0.791 bits per heavy atom. The lowest BCUT2D eigenvalue weighted by atomic mass is 10.1. The number of H-pyrrole nitrogens is 5. The third kappa shape index (κ3) is 21.5. The molecular formula is C61H76N22O45P6. The van der Waals surface area contributed by atoms with Gasteiger partial charge in [-0.1, -0.05) is 0 Å². The van der Waals surface area contributed by atoms with E-state index in [1.54, 1.807) is 0 Å². The number of aliphatic carboxylic acids is 1. The number of carboxylic acids is 1. The molecular weight excluding hydrogens is 1950 g/mol. The van der Waals surface area contributed by atoms with Gasteiger partial charge < -0.3 is 116 Å². The van der Waals surface area contributed by atoms with E-state index >= 15 is 0 Å². The van der Waals surface area contributed by atoms with Crippen LogP contribution in [0.3, 0.4) is 0 Å². The Morgan fingerprint density at radius 3 is 1.19 bits per heavy atom. The number of phosphoric acid groups is 6. The van der Waals surface area contributed by atoms with Crippen molar-refractivity contribution < 1.29 is 175 Å². The highest BCUT2D eigenvalue weighted by Crippen LogP contribution is 2.57. The molecule has 15 heterocycles. The van der Waals surface area contributed by atoms with Crippen molar-refractivity contribution in [2.45, 2.75) is 155 Å². The van der Waals surface area contributed by atoms with E-state index in [0.29, 0.717) is 10.6 Å². The third-order valence-corrected chi connectivity index (χ3v) is 26.2. The number of rotatable bonds is 36. The zero-order valence-electron chi connectivity index (χ0n) is 67.2.